The van der Waals surface area contributed by atoms with Gasteiger partial charge in [0.15, 0.2) is 5.78 Å². The van der Waals surface area contributed by atoms with Crippen LogP contribution in [0.3, 0.4) is 0 Å². The molecule has 0 spiro atoms. The van der Waals surface area contributed by atoms with Gasteiger partial charge in [0.05, 0.1) is 13.0 Å². The Kier molecular flexibility index (Phi) is 3.80. The third-order valence-corrected chi connectivity index (χ3v) is 2.05. The molecule has 1 aliphatic carbocycles. The van der Waals surface area contributed by atoms with Crippen LogP contribution in [0.2, 0.25) is 0 Å². The number of esters is 1. The number of ketones is 2. The van der Waals surface area contributed by atoms with Crippen LogP contribution in [-0.2, 0) is 19.1 Å². The number of Topliss-reactive ketones (excluding diaryl/α,β-unsaturated/α-hetero) is 2. The number of rotatable bonds is 6. The standard InChI is InChI=1S/C10H14O4/c1-2-14-10(13)6-8(11)5-9(12)7-3-4-7/h7H,2-6H2,1H3. The van der Waals surface area contributed by atoms with Gasteiger partial charge in [-0.25, -0.2) is 0 Å². The molecule has 14 heavy (non-hydrogen) atoms. The maximum absolute atomic E-state index is 11.2. The quantitative estimate of drug-likeness (QED) is 0.469. The Labute approximate surface area is 82.6 Å². The molecule has 0 aromatic rings. The summed E-state index contributed by atoms with van der Waals surface area (Å²) in [6.07, 6.45) is 1.41. The van der Waals surface area contributed by atoms with Gasteiger partial charge in [-0.2, -0.15) is 0 Å². The Morgan fingerprint density at radius 2 is 1.86 bits per heavy atom. The highest BCUT2D eigenvalue weighted by Crippen LogP contribution is 2.30. The number of hydrogen-bond donors (Lipinski definition) is 0. The molecule has 0 unspecified atom stereocenters. The maximum Gasteiger partial charge on any atom is 0.313 e. The first-order valence-electron chi connectivity index (χ1n) is 4.83. The van der Waals surface area contributed by atoms with Crippen molar-refractivity contribution in [2.75, 3.05) is 6.61 Å². The van der Waals surface area contributed by atoms with Gasteiger partial charge in [0, 0.05) is 5.92 Å². The zero-order valence-electron chi connectivity index (χ0n) is 8.25. The number of hydrogen-bond acceptors (Lipinski definition) is 4. The maximum atomic E-state index is 11.2. The smallest absolute Gasteiger partial charge is 0.313 e. The SMILES string of the molecule is CCOC(=O)CC(=O)CC(=O)C1CC1. The van der Waals surface area contributed by atoms with Crippen molar-refractivity contribution in [2.24, 2.45) is 5.92 Å². The van der Waals surface area contributed by atoms with E-state index < -0.39 is 5.97 Å². The highest BCUT2D eigenvalue weighted by molar-refractivity contribution is 6.06. The van der Waals surface area contributed by atoms with E-state index in [1.807, 2.05) is 0 Å². The third kappa shape index (κ3) is 3.68. The lowest BCUT2D eigenvalue weighted by Crippen LogP contribution is -2.15. The normalized spacial score (nSPS) is 14.9. The lowest BCUT2D eigenvalue weighted by Gasteiger charge is -2.00. The summed E-state index contributed by atoms with van der Waals surface area (Å²) in [6, 6.07) is 0. The van der Waals surface area contributed by atoms with E-state index in [1.54, 1.807) is 6.92 Å². The summed E-state index contributed by atoms with van der Waals surface area (Å²) in [6.45, 7) is 1.94. The van der Waals surface area contributed by atoms with E-state index in [9.17, 15) is 14.4 Å². The molecule has 0 heterocycles. The summed E-state index contributed by atoms with van der Waals surface area (Å²) in [4.78, 5) is 33.2. The van der Waals surface area contributed by atoms with E-state index in [2.05, 4.69) is 4.74 Å². The Morgan fingerprint density at radius 1 is 1.21 bits per heavy atom. The predicted octanol–water partition coefficient (Wildman–Crippen LogP) is 0.878. The van der Waals surface area contributed by atoms with Gasteiger partial charge >= 0.3 is 5.97 Å². The minimum atomic E-state index is -0.541. The molecule has 0 saturated heterocycles. The number of carbonyl (C=O) groups is 3. The molecule has 1 aliphatic rings. The summed E-state index contributed by atoms with van der Waals surface area (Å²) in [5, 5.41) is 0. The van der Waals surface area contributed by atoms with Crippen LogP contribution in [0.1, 0.15) is 32.6 Å². The molecule has 1 saturated carbocycles. The van der Waals surface area contributed by atoms with E-state index in [0.717, 1.165) is 12.8 Å². The predicted molar refractivity (Wildman–Crippen MR) is 48.6 cm³/mol. The highest BCUT2D eigenvalue weighted by Gasteiger charge is 2.30. The largest absolute Gasteiger partial charge is 0.466 e. The summed E-state index contributed by atoms with van der Waals surface area (Å²) in [5.74, 6) is -0.818. The first kappa shape index (κ1) is 10.9. The van der Waals surface area contributed by atoms with Crippen molar-refractivity contribution in [3.05, 3.63) is 0 Å². The van der Waals surface area contributed by atoms with Crippen LogP contribution in [0.5, 0.6) is 0 Å². The first-order valence-corrected chi connectivity index (χ1v) is 4.83. The van der Waals surface area contributed by atoms with Crippen molar-refractivity contribution < 1.29 is 19.1 Å². The molecule has 0 atom stereocenters. The van der Waals surface area contributed by atoms with Crippen LogP contribution in [0.15, 0.2) is 0 Å². The van der Waals surface area contributed by atoms with Gasteiger partial charge in [0.25, 0.3) is 0 Å². The van der Waals surface area contributed by atoms with Crippen LogP contribution in [-0.4, -0.2) is 24.1 Å². The van der Waals surface area contributed by atoms with Crippen LogP contribution < -0.4 is 0 Å². The summed E-state index contributed by atoms with van der Waals surface area (Å²) in [5.41, 5.74) is 0. The molecular formula is C10H14O4. The molecule has 1 fully saturated rings. The molecule has 0 aromatic heterocycles. The van der Waals surface area contributed by atoms with E-state index in [-0.39, 0.29) is 36.9 Å². The number of carbonyl (C=O) groups excluding carboxylic acids is 3. The highest BCUT2D eigenvalue weighted by atomic mass is 16.5. The van der Waals surface area contributed by atoms with E-state index >= 15 is 0 Å². The molecule has 78 valence electrons. The minimum absolute atomic E-state index is 0.0284. The van der Waals surface area contributed by atoms with Crippen molar-refractivity contribution in [3.8, 4) is 0 Å². The van der Waals surface area contributed by atoms with E-state index in [4.69, 9.17) is 0 Å². The van der Waals surface area contributed by atoms with Gasteiger partial charge < -0.3 is 4.74 Å². The molecule has 0 amide bonds. The fourth-order valence-corrected chi connectivity index (χ4v) is 1.18. The molecule has 0 aliphatic heterocycles. The van der Waals surface area contributed by atoms with E-state index in [0.29, 0.717) is 0 Å². The third-order valence-electron chi connectivity index (χ3n) is 2.05. The molecule has 1 rings (SSSR count). The lowest BCUT2D eigenvalue weighted by atomic mass is 10.1. The monoisotopic (exact) mass is 198 g/mol. The fraction of sp³-hybridized carbons (Fsp3) is 0.700. The Balaban J connectivity index is 2.20. The van der Waals surface area contributed by atoms with E-state index in [1.165, 1.54) is 0 Å². The lowest BCUT2D eigenvalue weighted by molar-refractivity contribution is -0.145. The average Bonchev–Trinajstić information content (AvgIpc) is 2.85. The van der Waals surface area contributed by atoms with Gasteiger partial charge in [-0.3, -0.25) is 14.4 Å². The van der Waals surface area contributed by atoms with Gasteiger partial charge in [-0.15, -0.1) is 0 Å². The van der Waals surface area contributed by atoms with Crippen molar-refractivity contribution in [1.29, 1.82) is 0 Å². The molecule has 4 nitrogen and oxygen atoms in total. The number of ether oxygens (including phenoxy) is 1. The molecule has 0 bridgehead atoms. The Hall–Kier alpha value is -1.19. The van der Waals surface area contributed by atoms with Crippen LogP contribution in [0.4, 0.5) is 0 Å². The van der Waals surface area contributed by atoms with Gasteiger partial charge in [0.1, 0.15) is 12.2 Å². The van der Waals surface area contributed by atoms with Crippen molar-refractivity contribution in [3.63, 3.8) is 0 Å². The Bertz CT molecular complexity index is 253. The second-order valence-electron chi connectivity index (χ2n) is 3.44. The summed E-state index contributed by atoms with van der Waals surface area (Å²) >= 11 is 0. The summed E-state index contributed by atoms with van der Waals surface area (Å²) in [7, 11) is 0. The van der Waals surface area contributed by atoms with Gasteiger partial charge in [-0.1, -0.05) is 0 Å². The second kappa shape index (κ2) is 4.88. The average molecular weight is 198 g/mol. The van der Waals surface area contributed by atoms with Gasteiger partial charge in [-0.05, 0) is 19.8 Å². The van der Waals surface area contributed by atoms with Crippen LogP contribution >= 0.6 is 0 Å². The molecule has 4 heteroatoms. The zero-order chi connectivity index (χ0) is 10.6. The Morgan fingerprint density at radius 3 is 2.36 bits per heavy atom. The van der Waals surface area contributed by atoms with Crippen molar-refractivity contribution in [1.82, 2.24) is 0 Å². The fourth-order valence-electron chi connectivity index (χ4n) is 1.18. The van der Waals surface area contributed by atoms with Crippen molar-refractivity contribution >= 4 is 17.5 Å². The molecule has 0 radical (unpaired) electrons. The second-order valence-corrected chi connectivity index (χ2v) is 3.44. The minimum Gasteiger partial charge on any atom is -0.466 e. The molecular weight excluding hydrogens is 184 g/mol. The van der Waals surface area contributed by atoms with Crippen LogP contribution in [0.25, 0.3) is 0 Å². The molecule has 0 N–H and O–H groups in total. The molecule has 0 aromatic carbocycles. The van der Waals surface area contributed by atoms with Crippen molar-refractivity contribution in [2.45, 2.75) is 32.6 Å². The van der Waals surface area contributed by atoms with Gasteiger partial charge in [0.2, 0.25) is 0 Å². The topological polar surface area (TPSA) is 60.4 Å². The van der Waals surface area contributed by atoms with Crippen LogP contribution in [0, 0.1) is 5.92 Å². The summed E-state index contributed by atoms with van der Waals surface area (Å²) < 4.78 is 4.60. The first-order chi connectivity index (χ1) is 6.63. The zero-order valence-corrected chi connectivity index (χ0v) is 8.25.